The van der Waals surface area contributed by atoms with Crippen molar-refractivity contribution in [3.8, 4) is 5.88 Å². The molecule has 8 heteroatoms. The van der Waals surface area contributed by atoms with E-state index in [1.807, 2.05) is 12.3 Å². The number of ether oxygens (including phenoxy) is 2. The van der Waals surface area contributed by atoms with E-state index in [1.54, 1.807) is 13.3 Å². The quantitative estimate of drug-likeness (QED) is 0.710. The van der Waals surface area contributed by atoms with E-state index in [-0.39, 0.29) is 0 Å². The molecule has 1 N–H and O–H groups in total. The molecule has 0 atom stereocenters. The molecule has 3 aromatic heterocycles. The Morgan fingerprint density at radius 2 is 2.13 bits per heavy atom. The van der Waals surface area contributed by atoms with Crippen molar-refractivity contribution in [2.45, 2.75) is 19.4 Å². The van der Waals surface area contributed by atoms with Gasteiger partial charge in [0.25, 0.3) is 0 Å². The number of aromatic nitrogens is 4. The first-order valence-corrected chi connectivity index (χ1v) is 10.1. The van der Waals surface area contributed by atoms with E-state index in [1.165, 1.54) is 5.56 Å². The Morgan fingerprint density at radius 1 is 1.20 bits per heavy atom. The summed E-state index contributed by atoms with van der Waals surface area (Å²) in [6.07, 6.45) is 7.45. The van der Waals surface area contributed by atoms with Gasteiger partial charge in [-0.15, -0.1) is 0 Å². The standard InChI is InChI=1S/C22H24N6O2/c1-28-8-4-17-16(13-28)11-18(21(25-17)29-2)26-22-24-12-15-3-7-23-19(20(15)27-22)14-5-9-30-10-6-14/h3,5,7,11-12H,4,6,8-10,13H2,1-2H3,(H,24,26,27). The minimum atomic E-state index is 0.494. The summed E-state index contributed by atoms with van der Waals surface area (Å²) >= 11 is 0. The number of hydrogen-bond acceptors (Lipinski definition) is 8. The molecule has 0 amide bonds. The van der Waals surface area contributed by atoms with Gasteiger partial charge >= 0.3 is 0 Å². The van der Waals surface area contributed by atoms with Crippen LogP contribution < -0.4 is 10.1 Å². The molecule has 0 saturated carbocycles. The molecule has 2 aliphatic heterocycles. The van der Waals surface area contributed by atoms with Crippen LogP contribution in [0.15, 0.2) is 30.6 Å². The molecule has 0 fully saturated rings. The molecule has 0 unspecified atom stereocenters. The third-order valence-electron chi connectivity index (χ3n) is 5.53. The van der Waals surface area contributed by atoms with Crippen molar-refractivity contribution >= 4 is 28.1 Å². The molecule has 2 aliphatic rings. The minimum Gasteiger partial charge on any atom is -0.480 e. The summed E-state index contributed by atoms with van der Waals surface area (Å²) in [5.41, 5.74) is 5.93. The Kier molecular flexibility index (Phi) is 5.02. The average molecular weight is 404 g/mol. The molecule has 5 rings (SSSR count). The van der Waals surface area contributed by atoms with Crippen LogP contribution in [-0.2, 0) is 17.7 Å². The van der Waals surface area contributed by atoms with Crippen molar-refractivity contribution < 1.29 is 9.47 Å². The van der Waals surface area contributed by atoms with E-state index in [9.17, 15) is 0 Å². The van der Waals surface area contributed by atoms with Gasteiger partial charge in [-0.25, -0.2) is 15.0 Å². The first-order chi connectivity index (χ1) is 14.7. The van der Waals surface area contributed by atoms with E-state index in [0.717, 1.165) is 59.5 Å². The largest absolute Gasteiger partial charge is 0.480 e. The second kappa shape index (κ2) is 7.97. The summed E-state index contributed by atoms with van der Waals surface area (Å²) < 4.78 is 11.0. The number of rotatable bonds is 4. The Labute approximate surface area is 175 Å². The highest BCUT2D eigenvalue weighted by molar-refractivity contribution is 5.89. The van der Waals surface area contributed by atoms with E-state index >= 15 is 0 Å². The topological polar surface area (TPSA) is 85.3 Å². The van der Waals surface area contributed by atoms with Gasteiger partial charge in [0.05, 0.1) is 31.7 Å². The number of hydrogen-bond donors (Lipinski definition) is 1. The van der Waals surface area contributed by atoms with Crippen molar-refractivity contribution in [2.24, 2.45) is 0 Å². The van der Waals surface area contributed by atoms with E-state index in [2.05, 4.69) is 39.4 Å². The van der Waals surface area contributed by atoms with Crippen LogP contribution in [0.4, 0.5) is 11.6 Å². The smallest absolute Gasteiger partial charge is 0.237 e. The van der Waals surface area contributed by atoms with Crippen LogP contribution in [0.25, 0.3) is 16.5 Å². The van der Waals surface area contributed by atoms with E-state index in [0.29, 0.717) is 25.0 Å². The number of methoxy groups -OCH3 is 1. The Balaban J connectivity index is 1.53. The van der Waals surface area contributed by atoms with Gasteiger partial charge in [0.1, 0.15) is 11.2 Å². The van der Waals surface area contributed by atoms with Crippen LogP contribution in [0.1, 0.15) is 23.4 Å². The van der Waals surface area contributed by atoms with Crippen molar-refractivity contribution in [2.75, 3.05) is 39.2 Å². The van der Waals surface area contributed by atoms with Crippen molar-refractivity contribution in [3.63, 3.8) is 0 Å². The number of nitrogens with zero attached hydrogens (tertiary/aromatic N) is 5. The number of fused-ring (bicyclic) bond motifs is 2. The number of nitrogens with one attached hydrogen (secondary N) is 1. The lowest BCUT2D eigenvalue weighted by molar-refractivity contribution is 0.161. The lowest BCUT2D eigenvalue weighted by Gasteiger charge is -2.25. The predicted molar refractivity (Wildman–Crippen MR) is 115 cm³/mol. The molecule has 0 spiro atoms. The van der Waals surface area contributed by atoms with Crippen LogP contribution in [-0.4, -0.2) is 58.8 Å². The fraction of sp³-hybridized carbons (Fsp3) is 0.364. The highest BCUT2D eigenvalue weighted by Crippen LogP contribution is 2.31. The van der Waals surface area contributed by atoms with Crippen LogP contribution in [0, 0.1) is 0 Å². The molecule has 0 bridgehead atoms. The number of pyridine rings is 2. The summed E-state index contributed by atoms with van der Waals surface area (Å²) in [6, 6.07) is 4.02. The molecule has 30 heavy (non-hydrogen) atoms. The molecular weight excluding hydrogens is 380 g/mol. The van der Waals surface area contributed by atoms with E-state index in [4.69, 9.17) is 19.4 Å². The fourth-order valence-corrected chi connectivity index (χ4v) is 3.95. The zero-order valence-electron chi connectivity index (χ0n) is 17.2. The highest BCUT2D eigenvalue weighted by Gasteiger charge is 2.19. The summed E-state index contributed by atoms with van der Waals surface area (Å²) in [5.74, 6) is 1.05. The van der Waals surface area contributed by atoms with Gasteiger partial charge in [-0.05, 0) is 36.7 Å². The second-order valence-electron chi connectivity index (χ2n) is 7.61. The van der Waals surface area contributed by atoms with E-state index < -0.39 is 0 Å². The molecular formula is C22H24N6O2. The predicted octanol–water partition coefficient (Wildman–Crippen LogP) is 2.96. The number of likely N-dealkylation sites (N-methyl/N-ethyl adjacent to an activating group) is 1. The highest BCUT2D eigenvalue weighted by atomic mass is 16.5. The lowest BCUT2D eigenvalue weighted by atomic mass is 10.0. The second-order valence-corrected chi connectivity index (χ2v) is 7.61. The Bertz CT molecular complexity index is 1130. The zero-order chi connectivity index (χ0) is 20.5. The average Bonchev–Trinajstić information content (AvgIpc) is 2.78. The Morgan fingerprint density at radius 3 is 2.97 bits per heavy atom. The third-order valence-corrected chi connectivity index (χ3v) is 5.53. The molecule has 8 nitrogen and oxygen atoms in total. The van der Waals surface area contributed by atoms with Gasteiger partial charge in [-0.2, -0.15) is 0 Å². The van der Waals surface area contributed by atoms with Gasteiger partial charge in [-0.3, -0.25) is 4.98 Å². The summed E-state index contributed by atoms with van der Waals surface area (Å²) in [4.78, 5) is 20.9. The van der Waals surface area contributed by atoms with Crippen LogP contribution in [0.2, 0.25) is 0 Å². The van der Waals surface area contributed by atoms with Crippen molar-refractivity contribution in [1.29, 1.82) is 0 Å². The third kappa shape index (κ3) is 3.59. The zero-order valence-corrected chi connectivity index (χ0v) is 17.2. The number of anilines is 2. The maximum absolute atomic E-state index is 5.54. The van der Waals surface area contributed by atoms with Crippen molar-refractivity contribution in [1.82, 2.24) is 24.8 Å². The summed E-state index contributed by atoms with van der Waals surface area (Å²) in [5, 5.41) is 4.26. The van der Waals surface area contributed by atoms with Gasteiger partial charge in [-0.1, -0.05) is 6.08 Å². The first kappa shape index (κ1) is 18.9. The molecule has 0 aliphatic carbocycles. The molecule has 0 aromatic carbocycles. The summed E-state index contributed by atoms with van der Waals surface area (Å²) in [6.45, 7) is 3.17. The monoisotopic (exact) mass is 404 g/mol. The van der Waals surface area contributed by atoms with Crippen LogP contribution in [0.3, 0.4) is 0 Å². The molecule has 3 aromatic rings. The lowest BCUT2D eigenvalue weighted by Crippen LogP contribution is -2.27. The van der Waals surface area contributed by atoms with Crippen LogP contribution in [0.5, 0.6) is 5.88 Å². The van der Waals surface area contributed by atoms with Gasteiger partial charge < -0.3 is 19.7 Å². The molecule has 5 heterocycles. The van der Waals surface area contributed by atoms with Gasteiger partial charge in [0.2, 0.25) is 11.8 Å². The van der Waals surface area contributed by atoms with Crippen molar-refractivity contribution in [3.05, 3.63) is 47.6 Å². The SMILES string of the molecule is COc1nc2c(cc1Nc1ncc3ccnc(C4=CCOCC4)c3n1)CN(C)CC2. The first-order valence-electron chi connectivity index (χ1n) is 10.1. The maximum Gasteiger partial charge on any atom is 0.237 e. The maximum atomic E-state index is 5.54. The normalized spacial score (nSPS) is 16.8. The molecule has 0 radical (unpaired) electrons. The van der Waals surface area contributed by atoms with Gasteiger partial charge in [0.15, 0.2) is 0 Å². The Hall–Kier alpha value is -3.10. The minimum absolute atomic E-state index is 0.494. The molecule has 0 saturated heterocycles. The fourth-order valence-electron chi connectivity index (χ4n) is 3.95. The van der Waals surface area contributed by atoms with Crippen LogP contribution >= 0.6 is 0 Å². The summed E-state index contributed by atoms with van der Waals surface area (Å²) in [7, 11) is 3.75. The molecule has 154 valence electrons. The van der Waals surface area contributed by atoms with Gasteiger partial charge in [0, 0.05) is 37.3 Å².